The molecule has 7 heteroatoms. The van der Waals surface area contributed by atoms with E-state index in [1.807, 2.05) is 0 Å². The van der Waals surface area contributed by atoms with Crippen molar-refractivity contribution in [3.8, 4) is 0 Å². The van der Waals surface area contributed by atoms with Gasteiger partial charge in [0.15, 0.2) is 0 Å². The molecule has 0 unspecified atom stereocenters. The third-order valence-corrected chi connectivity index (χ3v) is 4.38. The molecule has 0 spiro atoms. The van der Waals surface area contributed by atoms with Crippen molar-refractivity contribution in [2.24, 2.45) is 0 Å². The van der Waals surface area contributed by atoms with Crippen molar-refractivity contribution in [2.75, 3.05) is 32.7 Å². The predicted octanol–water partition coefficient (Wildman–Crippen LogP) is 1.78. The fourth-order valence-corrected chi connectivity index (χ4v) is 3.22. The minimum Gasteiger partial charge on any atom is -0.389 e. The summed E-state index contributed by atoms with van der Waals surface area (Å²) in [5.74, 6) is -0.849. The van der Waals surface area contributed by atoms with E-state index in [0.717, 1.165) is 32.1 Å². The summed E-state index contributed by atoms with van der Waals surface area (Å²) in [5.41, 5.74) is -0.656. The normalized spacial score (nSPS) is 24.1. The smallest absolute Gasteiger partial charge is 0.389 e. The van der Waals surface area contributed by atoms with Crippen LogP contribution in [0, 0.1) is 0 Å². The monoisotopic (exact) mass is 308 g/mol. The van der Waals surface area contributed by atoms with Gasteiger partial charge in [-0.3, -0.25) is 9.69 Å². The van der Waals surface area contributed by atoms with E-state index in [1.165, 1.54) is 4.90 Å². The highest BCUT2D eigenvalue weighted by atomic mass is 19.4. The number of halogens is 3. The summed E-state index contributed by atoms with van der Waals surface area (Å²) in [6.45, 7) is 2.25. The summed E-state index contributed by atoms with van der Waals surface area (Å²) in [4.78, 5) is 14.8. The largest absolute Gasteiger partial charge is 0.397 e. The van der Waals surface area contributed by atoms with Gasteiger partial charge in [0.1, 0.15) is 6.42 Å². The van der Waals surface area contributed by atoms with E-state index in [0.29, 0.717) is 32.7 Å². The number of alkyl halides is 3. The van der Waals surface area contributed by atoms with Gasteiger partial charge in [-0.05, 0) is 12.8 Å². The van der Waals surface area contributed by atoms with Crippen LogP contribution in [0.25, 0.3) is 0 Å². The lowest BCUT2D eigenvalue weighted by Gasteiger charge is -2.41. The Morgan fingerprint density at radius 3 is 2.14 bits per heavy atom. The van der Waals surface area contributed by atoms with Gasteiger partial charge < -0.3 is 10.0 Å². The van der Waals surface area contributed by atoms with E-state index in [-0.39, 0.29) is 0 Å². The lowest BCUT2D eigenvalue weighted by atomic mass is 9.84. The first-order valence-electron chi connectivity index (χ1n) is 7.57. The molecule has 21 heavy (non-hydrogen) atoms. The van der Waals surface area contributed by atoms with E-state index >= 15 is 0 Å². The molecule has 1 saturated carbocycles. The number of nitrogens with zero attached hydrogens (tertiary/aromatic N) is 2. The topological polar surface area (TPSA) is 43.8 Å². The Kier molecular flexibility index (Phi) is 5.14. The summed E-state index contributed by atoms with van der Waals surface area (Å²) in [5, 5.41) is 10.5. The first-order chi connectivity index (χ1) is 9.77. The van der Waals surface area contributed by atoms with E-state index in [2.05, 4.69) is 4.90 Å². The predicted molar refractivity (Wildman–Crippen MR) is 71.7 cm³/mol. The van der Waals surface area contributed by atoms with Crippen LogP contribution in [0.3, 0.4) is 0 Å². The van der Waals surface area contributed by atoms with Crippen LogP contribution < -0.4 is 0 Å². The van der Waals surface area contributed by atoms with Crippen molar-refractivity contribution < 1.29 is 23.1 Å². The summed E-state index contributed by atoms with van der Waals surface area (Å²) in [6, 6.07) is 0. The van der Waals surface area contributed by atoms with Crippen LogP contribution in [-0.4, -0.2) is 65.3 Å². The average molecular weight is 308 g/mol. The molecule has 0 atom stereocenters. The third kappa shape index (κ3) is 5.14. The van der Waals surface area contributed by atoms with Crippen LogP contribution in [-0.2, 0) is 4.79 Å². The molecule has 1 heterocycles. The molecule has 0 aromatic carbocycles. The number of carbonyl (C=O) groups excluding carboxylic acids is 1. The summed E-state index contributed by atoms with van der Waals surface area (Å²) < 4.78 is 36.6. The Bertz CT molecular complexity index is 360. The fourth-order valence-electron chi connectivity index (χ4n) is 3.22. The standard InChI is InChI=1S/C14H23F3N2O2/c15-14(16,17)10-12(20)19-8-6-18(7-9-19)11-13(21)4-2-1-3-5-13/h21H,1-11H2. The Morgan fingerprint density at radius 1 is 1.05 bits per heavy atom. The molecule has 1 saturated heterocycles. The van der Waals surface area contributed by atoms with Crippen molar-refractivity contribution in [1.82, 2.24) is 9.80 Å². The minimum absolute atomic E-state index is 0.311. The molecule has 1 aliphatic carbocycles. The first-order valence-corrected chi connectivity index (χ1v) is 7.57. The Hall–Kier alpha value is -0.820. The number of β-amino-alcohol motifs (C(OH)–C–C–N with tert-alkyl or cyclic N) is 1. The van der Waals surface area contributed by atoms with Crippen LogP contribution in [0.5, 0.6) is 0 Å². The maximum atomic E-state index is 12.2. The molecule has 1 aliphatic heterocycles. The molecule has 1 amide bonds. The number of aliphatic hydroxyl groups is 1. The Labute approximate surface area is 122 Å². The molecule has 1 N–H and O–H groups in total. The zero-order valence-corrected chi connectivity index (χ0v) is 12.2. The van der Waals surface area contributed by atoms with Gasteiger partial charge in [0.25, 0.3) is 0 Å². The van der Waals surface area contributed by atoms with Gasteiger partial charge in [-0.15, -0.1) is 0 Å². The molecule has 0 radical (unpaired) electrons. The quantitative estimate of drug-likeness (QED) is 0.864. The van der Waals surface area contributed by atoms with Gasteiger partial charge >= 0.3 is 6.18 Å². The van der Waals surface area contributed by atoms with Crippen molar-refractivity contribution >= 4 is 5.91 Å². The highest BCUT2D eigenvalue weighted by Gasteiger charge is 2.36. The van der Waals surface area contributed by atoms with Gasteiger partial charge in [0.05, 0.1) is 5.60 Å². The number of carbonyl (C=O) groups is 1. The third-order valence-electron chi connectivity index (χ3n) is 4.38. The molecular formula is C14H23F3N2O2. The number of hydrogen-bond donors (Lipinski definition) is 1. The minimum atomic E-state index is -4.44. The van der Waals surface area contributed by atoms with Gasteiger partial charge in [-0.25, -0.2) is 0 Å². The lowest BCUT2D eigenvalue weighted by Crippen LogP contribution is -2.54. The Balaban J connectivity index is 1.76. The number of piperazine rings is 1. The SMILES string of the molecule is O=C(CC(F)(F)F)N1CCN(CC2(O)CCCCC2)CC1. The van der Waals surface area contributed by atoms with Crippen molar-refractivity contribution in [3.63, 3.8) is 0 Å². The van der Waals surface area contributed by atoms with E-state index < -0.39 is 24.1 Å². The average Bonchev–Trinajstić information content (AvgIpc) is 2.38. The van der Waals surface area contributed by atoms with Crippen LogP contribution in [0.2, 0.25) is 0 Å². The molecule has 4 nitrogen and oxygen atoms in total. The lowest BCUT2D eigenvalue weighted by molar-refractivity contribution is -0.162. The zero-order chi connectivity index (χ0) is 15.5. The molecule has 0 bridgehead atoms. The van der Waals surface area contributed by atoms with E-state index in [9.17, 15) is 23.1 Å². The molecule has 2 rings (SSSR count). The van der Waals surface area contributed by atoms with Gasteiger partial charge in [-0.2, -0.15) is 13.2 Å². The first kappa shape index (κ1) is 16.5. The van der Waals surface area contributed by atoms with Crippen LogP contribution in [0.4, 0.5) is 13.2 Å². The fraction of sp³-hybridized carbons (Fsp3) is 0.929. The molecule has 122 valence electrons. The van der Waals surface area contributed by atoms with Gasteiger partial charge in [-0.1, -0.05) is 19.3 Å². The van der Waals surface area contributed by atoms with Crippen molar-refractivity contribution in [3.05, 3.63) is 0 Å². The molecule has 2 aliphatic rings. The highest BCUT2D eigenvalue weighted by Crippen LogP contribution is 2.29. The maximum absolute atomic E-state index is 12.2. The Morgan fingerprint density at radius 2 is 1.62 bits per heavy atom. The highest BCUT2D eigenvalue weighted by molar-refractivity contribution is 5.76. The van der Waals surface area contributed by atoms with Gasteiger partial charge in [0, 0.05) is 32.7 Å². The number of rotatable bonds is 3. The summed E-state index contributed by atoms with van der Waals surface area (Å²) in [6.07, 6.45) is -1.02. The van der Waals surface area contributed by atoms with E-state index in [4.69, 9.17) is 0 Å². The van der Waals surface area contributed by atoms with Crippen LogP contribution in [0.15, 0.2) is 0 Å². The van der Waals surface area contributed by atoms with Crippen LogP contribution in [0.1, 0.15) is 38.5 Å². The second-order valence-corrected chi connectivity index (χ2v) is 6.23. The van der Waals surface area contributed by atoms with Crippen molar-refractivity contribution in [1.29, 1.82) is 0 Å². The number of hydrogen-bond acceptors (Lipinski definition) is 3. The van der Waals surface area contributed by atoms with Gasteiger partial charge in [0.2, 0.25) is 5.91 Å². The zero-order valence-electron chi connectivity index (χ0n) is 12.2. The van der Waals surface area contributed by atoms with E-state index in [1.54, 1.807) is 0 Å². The molecule has 0 aromatic heterocycles. The molecular weight excluding hydrogens is 285 g/mol. The van der Waals surface area contributed by atoms with Crippen molar-refractivity contribution in [2.45, 2.75) is 50.3 Å². The van der Waals surface area contributed by atoms with Crippen LogP contribution >= 0.6 is 0 Å². The molecule has 0 aromatic rings. The summed E-state index contributed by atoms with van der Waals surface area (Å²) in [7, 11) is 0. The second-order valence-electron chi connectivity index (χ2n) is 6.23. The molecule has 2 fully saturated rings. The number of amides is 1. The summed E-state index contributed by atoms with van der Waals surface area (Å²) >= 11 is 0. The second kappa shape index (κ2) is 6.52. The maximum Gasteiger partial charge on any atom is 0.397 e.